The molecular formula is C11H14CoN2O4-2. The first-order valence-corrected chi connectivity index (χ1v) is 4.96. The summed E-state index contributed by atoms with van der Waals surface area (Å²) in [6.07, 6.45) is 0. The standard InChI is InChI=1S/C9H11N2O3.C2H3.Co.O/c1-2-10-9(14)11-6-3-4-7(12)8(13)5-6;1-2;;/h3-5,12-13H,1-2H2,(H2,10,11,14);1H,2H2;;/q2*-1;;. The Kier molecular flexibility index (Phi) is 11.9. The molecule has 1 aromatic carbocycles. The third-order valence-electron chi connectivity index (χ3n) is 1.52. The van der Waals surface area contributed by atoms with E-state index < -0.39 is 6.03 Å². The van der Waals surface area contributed by atoms with Crippen molar-refractivity contribution in [2.45, 2.75) is 0 Å². The fourth-order valence-electron chi connectivity index (χ4n) is 0.890. The van der Waals surface area contributed by atoms with Crippen LogP contribution < -0.4 is 10.6 Å². The predicted molar refractivity (Wildman–Crippen MR) is 62.8 cm³/mol. The number of urea groups is 1. The number of rotatable bonds is 2. The second kappa shape index (κ2) is 11.6. The van der Waals surface area contributed by atoms with E-state index in [1.807, 2.05) is 0 Å². The molecule has 0 aromatic heterocycles. The number of hydrogen-bond donors (Lipinski definition) is 4. The maximum atomic E-state index is 11.0. The van der Waals surface area contributed by atoms with Gasteiger partial charge in [-0.3, -0.25) is 6.58 Å². The van der Waals surface area contributed by atoms with Gasteiger partial charge in [-0.05, 0) is 12.1 Å². The molecule has 4 N–H and O–H groups in total. The van der Waals surface area contributed by atoms with E-state index in [1.54, 1.807) is 0 Å². The molecule has 0 bridgehead atoms. The molecule has 103 valence electrons. The Bertz CT molecular complexity index is 372. The zero-order valence-electron chi connectivity index (χ0n) is 9.47. The first-order chi connectivity index (χ1) is 8.63. The van der Waals surface area contributed by atoms with Crippen LogP contribution in [0.1, 0.15) is 0 Å². The molecule has 0 atom stereocenters. The van der Waals surface area contributed by atoms with E-state index in [2.05, 4.69) is 46.4 Å². The fraction of sp³-hybridized carbons (Fsp3) is 0.0909. The average Bonchev–Trinajstić information content (AvgIpc) is 2.39. The molecule has 0 unspecified atom stereocenters. The normalized spacial score (nSPS) is 7.89. The Morgan fingerprint density at radius 1 is 1.33 bits per heavy atom. The van der Waals surface area contributed by atoms with Crippen LogP contribution in [0, 0.1) is 13.5 Å². The number of phenolic OH excluding ortho intramolecular Hbond substituents is 2. The van der Waals surface area contributed by atoms with Gasteiger partial charge in [0.2, 0.25) is 0 Å². The van der Waals surface area contributed by atoms with E-state index in [4.69, 9.17) is 14.1 Å². The van der Waals surface area contributed by atoms with Crippen LogP contribution in [0.3, 0.4) is 0 Å². The van der Waals surface area contributed by atoms with Crippen molar-refractivity contribution in [3.63, 3.8) is 0 Å². The molecule has 0 aliphatic rings. The van der Waals surface area contributed by atoms with Gasteiger partial charge in [0.15, 0.2) is 11.5 Å². The second-order valence-electron chi connectivity index (χ2n) is 2.58. The second-order valence-corrected chi connectivity index (χ2v) is 2.58. The van der Waals surface area contributed by atoms with Gasteiger partial charge in [0.1, 0.15) is 0 Å². The third-order valence-corrected chi connectivity index (χ3v) is 1.52. The molecule has 0 radical (unpaired) electrons. The van der Waals surface area contributed by atoms with Crippen LogP contribution in [0.5, 0.6) is 11.5 Å². The van der Waals surface area contributed by atoms with Crippen LogP contribution >= 0.6 is 0 Å². The molecule has 0 saturated heterocycles. The number of carbonyl (C=O) groups is 1. The molecule has 7 heteroatoms. The number of amides is 2. The molecule has 0 spiro atoms. The van der Waals surface area contributed by atoms with E-state index in [9.17, 15) is 4.79 Å². The van der Waals surface area contributed by atoms with Crippen LogP contribution in [0.4, 0.5) is 10.5 Å². The van der Waals surface area contributed by atoms with Gasteiger partial charge in [-0.15, -0.1) is 6.54 Å². The summed E-state index contributed by atoms with van der Waals surface area (Å²) in [5.41, 5.74) is 0.395. The SMILES string of the molecule is [CH-]=C.[CH2-]CNC(=O)Nc1ccc(O)c(O)c1.[O]=[Co]. The molecule has 0 fully saturated rings. The van der Waals surface area contributed by atoms with Crippen LogP contribution in [0.25, 0.3) is 0 Å². The van der Waals surface area contributed by atoms with Gasteiger partial charge in [-0.1, -0.05) is 0 Å². The van der Waals surface area contributed by atoms with Gasteiger partial charge in [0.25, 0.3) is 0 Å². The summed E-state index contributed by atoms with van der Waals surface area (Å²) in [5, 5.41) is 23.0. The van der Waals surface area contributed by atoms with E-state index in [-0.39, 0.29) is 18.0 Å². The average molecular weight is 297 g/mol. The summed E-state index contributed by atoms with van der Waals surface area (Å²) in [6, 6.07) is 3.59. The molecule has 2 amide bonds. The predicted octanol–water partition coefficient (Wildman–Crippen LogP) is 1.54. The minimum atomic E-state index is -0.412. The van der Waals surface area contributed by atoms with Gasteiger partial charge in [-0.2, -0.15) is 0 Å². The quantitative estimate of drug-likeness (QED) is 0.378. The van der Waals surface area contributed by atoms with Crippen molar-refractivity contribution in [2.75, 3.05) is 11.9 Å². The molecule has 0 saturated carbocycles. The number of nitrogens with one attached hydrogen (secondary N) is 2. The van der Waals surface area contributed by atoms with Crippen molar-refractivity contribution in [2.24, 2.45) is 0 Å². The summed E-state index contributed by atoms with van der Waals surface area (Å²) in [7, 11) is 0. The van der Waals surface area contributed by atoms with Crippen LogP contribution in [0.15, 0.2) is 24.8 Å². The van der Waals surface area contributed by atoms with Crippen LogP contribution in [0.2, 0.25) is 0 Å². The molecule has 1 rings (SSSR count). The number of anilines is 1. The van der Waals surface area contributed by atoms with E-state index in [0.29, 0.717) is 5.69 Å². The Labute approximate surface area is 114 Å². The molecule has 6 nitrogen and oxygen atoms in total. The summed E-state index contributed by atoms with van der Waals surface area (Å²) >= 11 is 2.31. The van der Waals surface area contributed by atoms with Crippen molar-refractivity contribution < 1.29 is 34.5 Å². The Hall–Kier alpha value is -1.86. The van der Waals surface area contributed by atoms with Gasteiger partial charge in [0, 0.05) is 11.8 Å². The van der Waals surface area contributed by atoms with E-state index >= 15 is 0 Å². The maximum absolute atomic E-state index is 11.0. The fourth-order valence-corrected chi connectivity index (χ4v) is 0.890. The number of benzene rings is 1. The molecule has 1 aromatic rings. The zero-order valence-corrected chi connectivity index (χ0v) is 10.5. The van der Waals surface area contributed by atoms with Crippen molar-refractivity contribution in [3.05, 3.63) is 38.3 Å². The Balaban J connectivity index is 0. The summed E-state index contributed by atoms with van der Waals surface area (Å²) in [5.74, 6) is -0.509. The molecule has 0 aliphatic heterocycles. The first-order valence-electron chi connectivity index (χ1n) is 4.54. The van der Waals surface area contributed by atoms with Gasteiger partial charge in [-0.25, -0.2) is 4.79 Å². The van der Waals surface area contributed by atoms with Crippen molar-refractivity contribution in [1.29, 1.82) is 0 Å². The number of hydrogen-bond acceptors (Lipinski definition) is 4. The molecule has 0 heterocycles. The molecule has 0 aliphatic carbocycles. The minimum absolute atomic E-state index is 0.229. The topological polar surface area (TPSA) is 98.7 Å². The van der Waals surface area contributed by atoms with Gasteiger partial charge >= 0.3 is 25.6 Å². The molecular weight excluding hydrogens is 283 g/mol. The molecule has 18 heavy (non-hydrogen) atoms. The Morgan fingerprint density at radius 2 is 1.89 bits per heavy atom. The number of aromatic hydroxyl groups is 2. The first kappa shape index (κ1) is 18.5. The third kappa shape index (κ3) is 7.42. The van der Waals surface area contributed by atoms with Gasteiger partial charge < -0.3 is 34.3 Å². The van der Waals surface area contributed by atoms with Crippen molar-refractivity contribution in [1.82, 2.24) is 5.32 Å². The van der Waals surface area contributed by atoms with E-state index in [1.165, 1.54) is 18.2 Å². The summed E-state index contributed by atoms with van der Waals surface area (Å²) in [6.45, 7) is 10.7. The van der Waals surface area contributed by atoms with Crippen LogP contribution in [-0.4, -0.2) is 22.8 Å². The number of carbonyl (C=O) groups excluding carboxylic acids is 1. The van der Waals surface area contributed by atoms with Crippen molar-refractivity contribution in [3.8, 4) is 11.5 Å². The number of phenols is 2. The zero-order chi connectivity index (χ0) is 14.6. The monoisotopic (exact) mass is 297 g/mol. The van der Waals surface area contributed by atoms with Crippen molar-refractivity contribution >= 4 is 11.7 Å². The summed E-state index contributed by atoms with van der Waals surface area (Å²) < 4.78 is 7.94. The summed E-state index contributed by atoms with van der Waals surface area (Å²) in [4.78, 5) is 11.0. The van der Waals surface area contributed by atoms with Gasteiger partial charge in [0.05, 0.1) is 0 Å². The van der Waals surface area contributed by atoms with Crippen LogP contribution in [-0.2, 0) is 19.5 Å². The Morgan fingerprint density at radius 3 is 2.33 bits per heavy atom. The van der Waals surface area contributed by atoms with E-state index in [0.717, 1.165) is 0 Å².